The van der Waals surface area contributed by atoms with Gasteiger partial charge >= 0.3 is 0 Å². The lowest BCUT2D eigenvalue weighted by Gasteiger charge is -2.58. The second kappa shape index (κ2) is 16.8. The molecule has 0 saturated heterocycles. The number of amides is 2. The molecule has 2 amide bonds. The molecule has 53 heavy (non-hydrogen) atoms. The van der Waals surface area contributed by atoms with E-state index in [1.54, 1.807) is 66.3 Å². The summed E-state index contributed by atoms with van der Waals surface area (Å²) in [6.45, 7) is 13.3. The topological polar surface area (TPSA) is 89.9 Å². The molecule has 6 rings (SSSR count). The van der Waals surface area contributed by atoms with Crippen LogP contribution < -0.4 is 5.32 Å². The highest BCUT2D eigenvalue weighted by Crippen LogP contribution is 2.67. The van der Waals surface area contributed by atoms with Crippen LogP contribution in [0.2, 0.25) is 0 Å². The van der Waals surface area contributed by atoms with E-state index in [1.165, 1.54) is 74.8 Å². The zero-order chi connectivity index (χ0) is 37.8. The van der Waals surface area contributed by atoms with Crippen molar-refractivity contribution in [3.8, 4) is 11.5 Å². The molecule has 0 heterocycles. The number of rotatable bonds is 13. The molecule has 0 aromatic heterocycles. The number of imide groups is 1. The van der Waals surface area contributed by atoms with Gasteiger partial charge in [0.25, 0.3) is 11.8 Å². The molecule has 3 saturated carbocycles. The number of nitrogens with one attached hydrogen (secondary N) is 1. The molecule has 0 aliphatic heterocycles. The van der Waals surface area contributed by atoms with E-state index in [9.17, 15) is 19.8 Å². The third kappa shape index (κ3) is 8.85. The number of nitrogens with zero attached hydrogens (tertiary/aromatic N) is 1. The monoisotopic (exact) mass is 720 g/mol. The summed E-state index contributed by atoms with van der Waals surface area (Å²) < 4.78 is 0. The Morgan fingerprint density at radius 2 is 1.45 bits per heavy atom. The molecular weight excluding hydrogens is 657 g/mol. The number of fused-ring (bicyclic) bond motifs is 5. The van der Waals surface area contributed by atoms with E-state index in [0.29, 0.717) is 18.0 Å². The number of aromatic hydroxyl groups is 2. The molecule has 2 aromatic rings. The summed E-state index contributed by atoms with van der Waals surface area (Å²) in [5.41, 5.74) is 3.94. The Morgan fingerprint density at radius 3 is 2.06 bits per heavy atom. The summed E-state index contributed by atoms with van der Waals surface area (Å²) in [7, 11) is 0. The lowest BCUT2D eigenvalue weighted by atomic mass is 9.47. The SMILES string of the molecule is CC(C)CCC[C@@H](C)[C@H]1CC[C@H]2[C@@H]3CC=C4C[C@H](NCCN(C(=O)/C=C/c5ccc(O)cc5)C(=O)/C=C/c5ccc(O)cc5)CC[C@]4(C)[C@H]3CC[C@]12C. The van der Waals surface area contributed by atoms with Crippen LogP contribution >= 0.6 is 0 Å². The Labute approximate surface area is 318 Å². The first-order valence-electron chi connectivity index (χ1n) is 20.6. The zero-order valence-corrected chi connectivity index (χ0v) is 32.9. The van der Waals surface area contributed by atoms with Crippen LogP contribution in [0, 0.1) is 46.3 Å². The zero-order valence-electron chi connectivity index (χ0n) is 32.9. The van der Waals surface area contributed by atoms with Crippen molar-refractivity contribution >= 4 is 24.0 Å². The molecule has 6 heteroatoms. The maximum Gasteiger partial charge on any atom is 0.253 e. The third-order valence-corrected chi connectivity index (χ3v) is 14.2. The highest BCUT2D eigenvalue weighted by atomic mass is 16.3. The molecular formula is C47H64N2O4. The summed E-state index contributed by atoms with van der Waals surface area (Å²) in [4.78, 5) is 28.1. The van der Waals surface area contributed by atoms with Gasteiger partial charge in [0.1, 0.15) is 11.5 Å². The van der Waals surface area contributed by atoms with Gasteiger partial charge < -0.3 is 15.5 Å². The lowest BCUT2D eigenvalue weighted by Crippen LogP contribution is -2.52. The summed E-state index contributed by atoms with van der Waals surface area (Å²) in [5.74, 6) is 4.51. The predicted octanol–water partition coefficient (Wildman–Crippen LogP) is 10.2. The number of hydrogen-bond acceptors (Lipinski definition) is 5. The summed E-state index contributed by atoms with van der Waals surface area (Å²) >= 11 is 0. The average molecular weight is 721 g/mol. The van der Waals surface area contributed by atoms with Crippen molar-refractivity contribution in [1.82, 2.24) is 10.2 Å². The number of hydrogen-bond donors (Lipinski definition) is 3. The minimum absolute atomic E-state index is 0.157. The largest absolute Gasteiger partial charge is 0.508 e. The summed E-state index contributed by atoms with van der Waals surface area (Å²) in [5, 5.41) is 23.0. The molecule has 3 N–H and O–H groups in total. The molecule has 2 aromatic carbocycles. The number of phenolic OH excluding ortho intramolecular Hbond substituents is 2. The van der Waals surface area contributed by atoms with Crippen LogP contribution in [-0.2, 0) is 9.59 Å². The van der Waals surface area contributed by atoms with Crippen molar-refractivity contribution in [3.05, 3.63) is 83.5 Å². The van der Waals surface area contributed by atoms with Gasteiger partial charge in [0.15, 0.2) is 0 Å². The quantitative estimate of drug-likeness (QED) is 0.142. The maximum absolute atomic E-state index is 13.4. The normalized spacial score (nSPS) is 30.2. The van der Waals surface area contributed by atoms with E-state index >= 15 is 0 Å². The van der Waals surface area contributed by atoms with Gasteiger partial charge in [-0.25, -0.2) is 0 Å². The van der Waals surface area contributed by atoms with Gasteiger partial charge in [0, 0.05) is 31.3 Å². The smallest absolute Gasteiger partial charge is 0.253 e. The summed E-state index contributed by atoms with van der Waals surface area (Å²) in [6, 6.07) is 13.5. The average Bonchev–Trinajstić information content (AvgIpc) is 3.50. The maximum atomic E-state index is 13.4. The van der Waals surface area contributed by atoms with Crippen LogP contribution in [0.5, 0.6) is 11.5 Å². The molecule has 0 unspecified atom stereocenters. The Morgan fingerprint density at radius 1 is 0.830 bits per heavy atom. The van der Waals surface area contributed by atoms with Crippen LogP contribution in [-0.4, -0.2) is 46.1 Å². The van der Waals surface area contributed by atoms with Gasteiger partial charge in [-0.05, 0) is 145 Å². The number of phenols is 2. The predicted molar refractivity (Wildman–Crippen MR) is 216 cm³/mol. The van der Waals surface area contributed by atoms with Gasteiger partial charge in [0.05, 0.1) is 0 Å². The first-order chi connectivity index (χ1) is 25.4. The minimum atomic E-state index is -0.388. The third-order valence-electron chi connectivity index (χ3n) is 14.2. The highest BCUT2D eigenvalue weighted by Gasteiger charge is 2.59. The van der Waals surface area contributed by atoms with Gasteiger partial charge in [-0.3, -0.25) is 14.5 Å². The van der Waals surface area contributed by atoms with E-state index < -0.39 is 0 Å². The highest BCUT2D eigenvalue weighted by molar-refractivity contribution is 6.07. The Balaban J connectivity index is 1.07. The van der Waals surface area contributed by atoms with Gasteiger partial charge in [-0.15, -0.1) is 0 Å². The molecule has 8 atom stereocenters. The van der Waals surface area contributed by atoms with Crippen molar-refractivity contribution < 1.29 is 19.8 Å². The van der Waals surface area contributed by atoms with Crippen LogP contribution in [0.4, 0.5) is 0 Å². The molecule has 4 aliphatic carbocycles. The second-order valence-electron chi connectivity index (χ2n) is 17.9. The van der Waals surface area contributed by atoms with Gasteiger partial charge in [-0.2, -0.15) is 0 Å². The van der Waals surface area contributed by atoms with Crippen LogP contribution in [0.1, 0.15) is 116 Å². The van der Waals surface area contributed by atoms with Crippen LogP contribution in [0.15, 0.2) is 72.3 Å². The van der Waals surface area contributed by atoms with Crippen molar-refractivity contribution in [2.45, 2.75) is 111 Å². The molecule has 0 spiro atoms. The first kappa shape index (κ1) is 39.1. The molecule has 4 aliphatic rings. The molecule has 286 valence electrons. The van der Waals surface area contributed by atoms with Crippen molar-refractivity contribution in [3.63, 3.8) is 0 Å². The van der Waals surface area contributed by atoms with Crippen molar-refractivity contribution in [2.24, 2.45) is 46.3 Å². The lowest BCUT2D eigenvalue weighted by molar-refractivity contribution is -0.138. The van der Waals surface area contributed by atoms with Crippen LogP contribution in [0.3, 0.4) is 0 Å². The van der Waals surface area contributed by atoms with Crippen LogP contribution in [0.25, 0.3) is 12.2 Å². The number of carbonyl (C=O) groups is 2. The first-order valence-corrected chi connectivity index (χ1v) is 20.6. The van der Waals surface area contributed by atoms with E-state index in [2.05, 4.69) is 46.0 Å². The Hall–Kier alpha value is -3.64. The number of carbonyl (C=O) groups excluding carboxylic acids is 2. The van der Waals surface area contributed by atoms with Gasteiger partial charge in [-0.1, -0.05) is 89.8 Å². The number of benzene rings is 2. The van der Waals surface area contributed by atoms with Crippen molar-refractivity contribution in [1.29, 1.82) is 0 Å². The molecule has 6 nitrogen and oxygen atoms in total. The molecule has 0 radical (unpaired) electrons. The fraction of sp³-hybridized carbons (Fsp3) is 0.574. The molecule has 3 fully saturated rings. The minimum Gasteiger partial charge on any atom is -0.508 e. The molecule has 0 bridgehead atoms. The van der Waals surface area contributed by atoms with E-state index in [1.807, 2.05) is 0 Å². The second-order valence-corrected chi connectivity index (χ2v) is 17.9. The standard InChI is InChI=1S/C47H64N2O4/c1-32(2)7-6-8-33(3)41-21-22-42-40-20-15-36-31-37(25-27-46(36,4)43(40)26-28-47(41,42)5)48-29-30-49(44(52)23-13-34-9-16-38(50)17-10-34)45(53)24-14-35-11-18-39(51)19-12-35/h9-19,23-24,32-33,37,40-43,48,50-51H,6-8,20-22,25-31H2,1-5H3/b23-13+,24-14+/t33-,37-,40+,41-,42+,43+,46+,47-/m1/s1. The Bertz CT molecular complexity index is 1590. The fourth-order valence-electron chi connectivity index (χ4n) is 11.3. The number of allylic oxidation sites excluding steroid dienone is 1. The fourth-order valence-corrected chi connectivity index (χ4v) is 11.3. The van der Waals surface area contributed by atoms with E-state index in [4.69, 9.17) is 0 Å². The van der Waals surface area contributed by atoms with E-state index in [-0.39, 0.29) is 35.3 Å². The Kier molecular flexibility index (Phi) is 12.4. The van der Waals surface area contributed by atoms with E-state index in [0.717, 1.165) is 59.5 Å². The van der Waals surface area contributed by atoms with Crippen molar-refractivity contribution in [2.75, 3.05) is 13.1 Å². The van der Waals surface area contributed by atoms with Gasteiger partial charge in [0.2, 0.25) is 0 Å². The summed E-state index contributed by atoms with van der Waals surface area (Å²) in [6.07, 6.45) is 23.1.